The molecule has 1 aromatic heterocycles. The molecule has 174 valence electrons. The first-order valence-electron chi connectivity index (χ1n) is 10.7. The number of thiophene rings is 1. The number of methoxy groups -OCH3 is 1. The van der Waals surface area contributed by atoms with Gasteiger partial charge in [0.1, 0.15) is 16.0 Å². The van der Waals surface area contributed by atoms with E-state index in [1.807, 2.05) is 54.6 Å². The fraction of sp³-hybridized carbons (Fsp3) is 0.292. The van der Waals surface area contributed by atoms with Crippen molar-refractivity contribution in [3.63, 3.8) is 0 Å². The maximum atomic E-state index is 13.5. The molecule has 7 nitrogen and oxygen atoms in total. The Morgan fingerprint density at radius 1 is 1.00 bits per heavy atom. The molecule has 0 radical (unpaired) electrons. The van der Waals surface area contributed by atoms with E-state index in [9.17, 15) is 13.2 Å². The van der Waals surface area contributed by atoms with Gasteiger partial charge >= 0.3 is 0 Å². The summed E-state index contributed by atoms with van der Waals surface area (Å²) in [4.78, 5) is 17.4. The van der Waals surface area contributed by atoms with Crippen molar-refractivity contribution in [1.29, 1.82) is 0 Å². The highest BCUT2D eigenvalue weighted by molar-refractivity contribution is 7.91. The number of hydrogen-bond donors (Lipinski definition) is 1. The maximum Gasteiger partial charge on any atom is 0.250 e. The minimum Gasteiger partial charge on any atom is -0.495 e. The van der Waals surface area contributed by atoms with Crippen molar-refractivity contribution in [3.05, 3.63) is 77.7 Å². The minimum absolute atomic E-state index is 0.203. The van der Waals surface area contributed by atoms with E-state index in [1.165, 1.54) is 0 Å². The van der Waals surface area contributed by atoms with Gasteiger partial charge in [0.25, 0.3) is 10.0 Å². The van der Waals surface area contributed by atoms with Gasteiger partial charge in [-0.15, -0.1) is 11.3 Å². The first-order valence-corrected chi connectivity index (χ1v) is 13.1. The molecule has 3 aromatic rings. The van der Waals surface area contributed by atoms with Crippen LogP contribution in [0.4, 0.5) is 5.69 Å². The predicted molar refractivity (Wildman–Crippen MR) is 130 cm³/mol. The zero-order valence-electron chi connectivity index (χ0n) is 18.4. The lowest BCUT2D eigenvalue weighted by atomic mass is 10.1. The second kappa shape index (κ2) is 10.4. The molecule has 2 heterocycles. The van der Waals surface area contributed by atoms with Crippen molar-refractivity contribution in [1.82, 2.24) is 9.62 Å². The summed E-state index contributed by atoms with van der Waals surface area (Å²) >= 11 is 1.13. The number of nitrogens with one attached hydrogen (secondary N) is 1. The summed E-state index contributed by atoms with van der Waals surface area (Å²) in [6.45, 7) is 2.29. The van der Waals surface area contributed by atoms with Gasteiger partial charge in [-0.3, -0.25) is 4.79 Å². The van der Waals surface area contributed by atoms with Crippen LogP contribution in [-0.4, -0.2) is 58.6 Å². The normalized spacial score (nSPS) is 15.3. The SMILES string of the molecule is COc1ccccc1N1CCN(C(=O)C(Cc2ccccc2)NS(=O)(=O)c2cccs2)CC1. The van der Waals surface area contributed by atoms with Crippen LogP contribution < -0.4 is 14.4 Å². The summed E-state index contributed by atoms with van der Waals surface area (Å²) < 4.78 is 34.1. The summed E-state index contributed by atoms with van der Waals surface area (Å²) in [6, 6.07) is 19.6. The fourth-order valence-corrected chi connectivity index (χ4v) is 6.17. The Balaban J connectivity index is 1.49. The number of carbonyl (C=O) groups is 1. The van der Waals surface area contributed by atoms with Crippen molar-refractivity contribution in [2.45, 2.75) is 16.7 Å². The van der Waals surface area contributed by atoms with Crippen LogP contribution in [0.3, 0.4) is 0 Å². The smallest absolute Gasteiger partial charge is 0.250 e. The molecule has 0 bridgehead atoms. The van der Waals surface area contributed by atoms with Crippen molar-refractivity contribution in [3.8, 4) is 5.75 Å². The van der Waals surface area contributed by atoms with Gasteiger partial charge in [-0.1, -0.05) is 48.5 Å². The first-order chi connectivity index (χ1) is 16.0. The molecule has 1 atom stereocenters. The van der Waals surface area contributed by atoms with Crippen molar-refractivity contribution in [2.24, 2.45) is 0 Å². The van der Waals surface area contributed by atoms with E-state index >= 15 is 0 Å². The van der Waals surface area contributed by atoms with Crippen LogP contribution in [0.1, 0.15) is 5.56 Å². The van der Waals surface area contributed by atoms with Crippen LogP contribution in [0, 0.1) is 0 Å². The van der Waals surface area contributed by atoms with Gasteiger partial charge in [0.15, 0.2) is 0 Å². The molecule has 1 N–H and O–H groups in total. The second-order valence-electron chi connectivity index (χ2n) is 7.78. The van der Waals surface area contributed by atoms with Crippen LogP contribution >= 0.6 is 11.3 Å². The number of ether oxygens (including phenoxy) is 1. The topological polar surface area (TPSA) is 79.0 Å². The molecule has 1 unspecified atom stereocenters. The van der Waals surface area contributed by atoms with Gasteiger partial charge in [0.2, 0.25) is 5.91 Å². The Hall–Kier alpha value is -2.88. The zero-order valence-corrected chi connectivity index (χ0v) is 20.0. The van der Waals surface area contributed by atoms with Gasteiger partial charge in [0, 0.05) is 26.2 Å². The van der Waals surface area contributed by atoms with Gasteiger partial charge < -0.3 is 14.5 Å². The van der Waals surface area contributed by atoms with E-state index in [2.05, 4.69) is 9.62 Å². The second-order valence-corrected chi connectivity index (χ2v) is 10.7. The zero-order chi connectivity index (χ0) is 23.3. The van der Waals surface area contributed by atoms with E-state index in [1.54, 1.807) is 29.5 Å². The molecule has 2 aromatic carbocycles. The van der Waals surface area contributed by atoms with Crippen LogP contribution in [0.25, 0.3) is 0 Å². The Bertz CT molecular complexity index is 1160. The standard InChI is InChI=1S/C24H27N3O4S2/c1-31-22-11-6-5-10-21(22)26-13-15-27(16-14-26)24(28)20(18-19-8-3-2-4-9-19)25-33(29,30)23-12-7-17-32-23/h2-12,17,20,25H,13-16,18H2,1H3. The van der Waals surface area contributed by atoms with Crippen LogP contribution in [-0.2, 0) is 21.2 Å². The third-order valence-electron chi connectivity index (χ3n) is 5.66. The maximum absolute atomic E-state index is 13.5. The fourth-order valence-electron chi connectivity index (χ4n) is 3.97. The number of carbonyl (C=O) groups excluding carboxylic acids is 1. The number of para-hydroxylation sites is 2. The molecule has 9 heteroatoms. The predicted octanol–water partition coefficient (Wildman–Crippen LogP) is 3.00. The average molecular weight is 486 g/mol. The van der Waals surface area contributed by atoms with Crippen LogP contribution in [0.5, 0.6) is 5.75 Å². The molecule has 33 heavy (non-hydrogen) atoms. The summed E-state index contributed by atoms with van der Waals surface area (Å²) in [5.41, 5.74) is 1.89. The van der Waals surface area contributed by atoms with E-state index in [0.29, 0.717) is 26.2 Å². The molecule has 1 aliphatic rings. The monoisotopic (exact) mass is 485 g/mol. The van der Waals surface area contributed by atoms with E-state index in [0.717, 1.165) is 28.3 Å². The third kappa shape index (κ3) is 5.55. The quantitative estimate of drug-likeness (QED) is 0.531. The highest BCUT2D eigenvalue weighted by Crippen LogP contribution is 2.28. The lowest BCUT2D eigenvalue weighted by Crippen LogP contribution is -2.55. The largest absolute Gasteiger partial charge is 0.495 e. The number of nitrogens with zero attached hydrogens (tertiary/aromatic N) is 2. The highest BCUT2D eigenvalue weighted by atomic mass is 32.2. The van der Waals surface area contributed by atoms with E-state index in [4.69, 9.17) is 4.74 Å². The number of benzene rings is 2. The molecular formula is C24H27N3O4S2. The van der Waals surface area contributed by atoms with Gasteiger partial charge in [-0.2, -0.15) is 4.72 Å². The number of piperazine rings is 1. The number of anilines is 1. The van der Waals surface area contributed by atoms with Crippen molar-refractivity contribution < 1.29 is 17.9 Å². The first kappa shape index (κ1) is 23.3. The van der Waals surface area contributed by atoms with Gasteiger partial charge in [0.05, 0.1) is 12.8 Å². The lowest BCUT2D eigenvalue weighted by Gasteiger charge is -2.38. The summed E-state index contributed by atoms with van der Waals surface area (Å²) in [6.07, 6.45) is 0.289. The highest BCUT2D eigenvalue weighted by Gasteiger charge is 2.32. The molecular weight excluding hydrogens is 458 g/mol. The molecule has 1 aliphatic heterocycles. The molecule has 4 rings (SSSR count). The van der Waals surface area contributed by atoms with Crippen LogP contribution in [0.15, 0.2) is 76.3 Å². The average Bonchev–Trinajstić information content (AvgIpc) is 3.40. The summed E-state index contributed by atoms with van der Waals surface area (Å²) in [5.74, 6) is 0.585. The molecule has 1 fully saturated rings. The van der Waals surface area contributed by atoms with Crippen molar-refractivity contribution in [2.75, 3.05) is 38.2 Å². The Morgan fingerprint density at radius 3 is 2.36 bits per heavy atom. The number of rotatable bonds is 8. The molecule has 1 saturated heterocycles. The summed E-state index contributed by atoms with van der Waals surface area (Å²) in [7, 11) is -2.14. The van der Waals surface area contributed by atoms with Gasteiger partial charge in [-0.25, -0.2) is 8.42 Å². The van der Waals surface area contributed by atoms with E-state index < -0.39 is 16.1 Å². The Labute approximate surface area is 198 Å². The van der Waals surface area contributed by atoms with Crippen molar-refractivity contribution >= 4 is 33.0 Å². The number of amides is 1. The molecule has 1 amide bonds. The molecule has 0 spiro atoms. The molecule has 0 aliphatic carbocycles. The van der Waals surface area contributed by atoms with E-state index in [-0.39, 0.29) is 16.5 Å². The Kier molecular flexibility index (Phi) is 7.32. The lowest BCUT2D eigenvalue weighted by molar-refractivity contribution is -0.133. The number of hydrogen-bond acceptors (Lipinski definition) is 6. The summed E-state index contributed by atoms with van der Waals surface area (Å²) in [5, 5.41) is 1.71. The van der Waals surface area contributed by atoms with Gasteiger partial charge in [-0.05, 0) is 35.6 Å². The Morgan fingerprint density at radius 2 is 1.70 bits per heavy atom. The molecule has 0 saturated carbocycles. The minimum atomic E-state index is -3.79. The van der Waals surface area contributed by atoms with Crippen LogP contribution in [0.2, 0.25) is 0 Å². The number of sulfonamides is 1. The third-order valence-corrected chi connectivity index (χ3v) is 8.52.